The second-order valence-electron chi connectivity index (χ2n) is 5.70. The van der Waals surface area contributed by atoms with Gasteiger partial charge in [0.05, 0.1) is 12.3 Å². The lowest BCUT2D eigenvalue weighted by atomic mass is 9.78. The average molecular weight is 316 g/mol. The summed E-state index contributed by atoms with van der Waals surface area (Å²) in [7, 11) is 0. The fourth-order valence-electron chi connectivity index (χ4n) is 2.71. The number of hydrogen-bond donors (Lipinski definition) is 4. The van der Waals surface area contributed by atoms with E-state index < -0.39 is 0 Å². The molecule has 23 heavy (non-hydrogen) atoms. The Bertz CT molecular complexity index is 726. The molecule has 1 aliphatic rings. The SMILES string of the molecule is Cc1nc(C2CC(Nc3cc(NCCO)ncn3)C2)cc(=O)[nH]1. The Morgan fingerprint density at radius 2 is 2.09 bits per heavy atom. The predicted molar refractivity (Wildman–Crippen MR) is 86.6 cm³/mol. The van der Waals surface area contributed by atoms with Crippen LogP contribution in [0, 0.1) is 6.92 Å². The molecule has 0 bridgehead atoms. The summed E-state index contributed by atoms with van der Waals surface area (Å²) < 4.78 is 0. The van der Waals surface area contributed by atoms with Crippen molar-refractivity contribution < 1.29 is 5.11 Å². The maximum atomic E-state index is 11.5. The normalized spacial score (nSPS) is 19.9. The van der Waals surface area contributed by atoms with E-state index in [2.05, 4.69) is 30.6 Å². The van der Waals surface area contributed by atoms with E-state index in [9.17, 15) is 4.79 Å². The van der Waals surface area contributed by atoms with Gasteiger partial charge in [0.2, 0.25) is 0 Å². The number of anilines is 2. The summed E-state index contributed by atoms with van der Waals surface area (Å²) in [6.07, 6.45) is 3.32. The van der Waals surface area contributed by atoms with Gasteiger partial charge in [-0.1, -0.05) is 0 Å². The van der Waals surface area contributed by atoms with Gasteiger partial charge in [-0.3, -0.25) is 4.79 Å². The number of aryl methyl sites for hydroxylation is 1. The van der Waals surface area contributed by atoms with Gasteiger partial charge >= 0.3 is 0 Å². The van der Waals surface area contributed by atoms with Gasteiger partial charge in [0.15, 0.2) is 0 Å². The Labute approximate surface area is 133 Å². The molecule has 1 fully saturated rings. The van der Waals surface area contributed by atoms with Gasteiger partial charge in [-0.15, -0.1) is 0 Å². The quantitative estimate of drug-likeness (QED) is 0.617. The van der Waals surface area contributed by atoms with Crippen LogP contribution in [0.15, 0.2) is 23.3 Å². The molecule has 2 aromatic heterocycles. The van der Waals surface area contributed by atoms with Crippen molar-refractivity contribution in [3.8, 4) is 0 Å². The van der Waals surface area contributed by atoms with Gasteiger partial charge in [0.1, 0.15) is 23.8 Å². The van der Waals surface area contributed by atoms with Crippen molar-refractivity contribution in [1.82, 2.24) is 19.9 Å². The van der Waals surface area contributed by atoms with Crippen LogP contribution in [0.25, 0.3) is 0 Å². The Balaban J connectivity index is 1.57. The highest BCUT2D eigenvalue weighted by molar-refractivity contribution is 5.47. The summed E-state index contributed by atoms with van der Waals surface area (Å²) >= 11 is 0. The highest BCUT2D eigenvalue weighted by Gasteiger charge is 2.31. The number of nitrogens with one attached hydrogen (secondary N) is 3. The molecule has 0 unspecified atom stereocenters. The number of hydrogen-bond acceptors (Lipinski definition) is 7. The number of rotatable bonds is 6. The zero-order valence-corrected chi connectivity index (χ0v) is 12.9. The van der Waals surface area contributed by atoms with Crippen molar-refractivity contribution in [1.29, 1.82) is 0 Å². The summed E-state index contributed by atoms with van der Waals surface area (Å²) in [5, 5.41) is 15.2. The molecule has 0 aliphatic heterocycles. The fraction of sp³-hybridized carbons (Fsp3) is 0.467. The second-order valence-corrected chi connectivity index (χ2v) is 5.70. The summed E-state index contributed by atoms with van der Waals surface area (Å²) in [4.78, 5) is 26.9. The van der Waals surface area contributed by atoms with Crippen LogP contribution in [0.3, 0.4) is 0 Å². The largest absolute Gasteiger partial charge is 0.395 e. The van der Waals surface area contributed by atoms with Crippen molar-refractivity contribution >= 4 is 11.6 Å². The molecule has 8 heteroatoms. The third kappa shape index (κ3) is 3.84. The number of aromatic nitrogens is 4. The number of aliphatic hydroxyl groups is 1. The predicted octanol–water partition coefficient (Wildman–Crippen LogP) is 0.631. The smallest absolute Gasteiger partial charge is 0.251 e. The molecule has 0 amide bonds. The number of H-pyrrole nitrogens is 1. The third-order valence-electron chi connectivity index (χ3n) is 3.87. The van der Waals surface area contributed by atoms with E-state index in [1.165, 1.54) is 6.33 Å². The van der Waals surface area contributed by atoms with E-state index in [4.69, 9.17) is 5.11 Å². The first-order valence-electron chi connectivity index (χ1n) is 7.65. The van der Waals surface area contributed by atoms with Gasteiger partial charge in [-0.2, -0.15) is 0 Å². The van der Waals surface area contributed by atoms with Crippen LogP contribution < -0.4 is 16.2 Å². The summed E-state index contributed by atoms with van der Waals surface area (Å²) in [5.41, 5.74) is 0.761. The number of aliphatic hydroxyl groups excluding tert-OH is 1. The minimum absolute atomic E-state index is 0.0553. The number of aromatic amines is 1. The van der Waals surface area contributed by atoms with Crippen LogP contribution >= 0.6 is 0 Å². The maximum Gasteiger partial charge on any atom is 0.251 e. The van der Waals surface area contributed by atoms with Crippen LogP contribution in [-0.2, 0) is 0 Å². The van der Waals surface area contributed by atoms with E-state index in [-0.39, 0.29) is 12.2 Å². The number of nitrogens with zero attached hydrogens (tertiary/aromatic N) is 3. The minimum Gasteiger partial charge on any atom is -0.395 e. The molecule has 0 aromatic carbocycles. The van der Waals surface area contributed by atoms with Crippen molar-refractivity contribution in [2.75, 3.05) is 23.8 Å². The maximum absolute atomic E-state index is 11.5. The molecule has 0 radical (unpaired) electrons. The topological polar surface area (TPSA) is 116 Å². The molecule has 0 saturated heterocycles. The molecule has 2 heterocycles. The molecular formula is C15H20N6O2. The molecule has 1 aliphatic carbocycles. The molecule has 0 spiro atoms. The Hall–Kier alpha value is -2.48. The summed E-state index contributed by atoms with van der Waals surface area (Å²) in [5.74, 6) is 2.39. The lowest BCUT2D eigenvalue weighted by Crippen LogP contribution is -2.35. The third-order valence-corrected chi connectivity index (χ3v) is 3.87. The standard InChI is InChI=1S/C15H20N6O2/c1-9-19-12(6-15(23)20-9)10-4-11(5-10)21-14-7-13(16-2-3-22)17-8-18-14/h6-8,10-11,22H,2-5H2,1H3,(H,19,20,23)(H2,16,17,18,21). The lowest BCUT2D eigenvalue weighted by molar-refractivity contribution is 0.311. The molecular weight excluding hydrogens is 296 g/mol. The molecule has 2 aromatic rings. The van der Waals surface area contributed by atoms with Crippen molar-refractivity contribution in [3.63, 3.8) is 0 Å². The molecule has 0 atom stereocenters. The fourth-order valence-corrected chi connectivity index (χ4v) is 2.71. The van der Waals surface area contributed by atoms with Crippen LogP contribution in [0.4, 0.5) is 11.6 Å². The molecule has 4 N–H and O–H groups in total. The Kier molecular flexibility index (Phi) is 4.52. The molecule has 1 saturated carbocycles. The summed E-state index contributed by atoms with van der Waals surface area (Å²) in [6, 6.07) is 3.70. The molecule has 3 rings (SSSR count). The molecule has 8 nitrogen and oxygen atoms in total. The van der Waals surface area contributed by atoms with Crippen molar-refractivity contribution in [3.05, 3.63) is 40.3 Å². The first-order chi connectivity index (χ1) is 11.1. The van der Waals surface area contributed by atoms with Crippen LogP contribution in [-0.4, -0.2) is 44.2 Å². The van der Waals surface area contributed by atoms with Crippen LogP contribution in [0.1, 0.15) is 30.3 Å². The monoisotopic (exact) mass is 316 g/mol. The van der Waals surface area contributed by atoms with Crippen molar-refractivity contribution in [2.45, 2.75) is 31.7 Å². The van der Waals surface area contributed by atoms with Crippen molar-refractivity contribution in [2.24, 2.45) is 0 Å². The first-order valence-corrected chi connectivity index (χ1v) is 7.65. The summed E-state index contributed by atoms with van der Waals surface area (Å²) in [6.45, 7) is 2.30. The highest BCUT2D eigenvalue weighted by atomic mass is 16.3. The highest BCUT2D eigenvalue weighted by Crippen LogP contribution is 2.37. The Morgan fingerprint density at radius 3 is 2.83 bits per heavy atom. The van der Waals surface area contributed by atoms with Crippen LogP contribution in [0.5, 0.6) is 0 Å². The zero-order chi connectivity index (χ0) is 16.2. The van der Waals surface area contributed by atoms with Gasteiger partial charge in [-0.25, -0.2) is 15.0 Å². The van der Waals surface area contributed by atoms with Gasteiger partial charge in [0, 0.05) is 30.6 Å². The minimum atomic E-state index is -0.0979. The Morgan fingerprint density at radius 1 is 1.30 bits per heavy atom. The van der Waals surface area contributed by atoms with Gasteiger partial charge in [0.25, 0.3) is 5.56 Å². The average Bonchev–Trinajstić information content (AvgIpc) is 2.48. The molecule has 122 valence electrons. The van der Waals surface area contributed by atoms with E-state index in [0.717, 1.165) is 24.4 Å². The van der Waals surface area contributed by atoms with Gasteiger partial charge in [-0.05, 0) is 19.8 Å². The van der Waals surface area contributed by atoms with Crippen LogP contribution in [0.2, 0.25) is 0 Å². The zero-order valence-electron chi connectivity index (χ0n) is 12.9. The van der Waals surface area contributed by atoms with Gasteiger partial charge < -0.3 is 20.7 Å². The van der Waals surface area contributed by atoms with E-state index in [1.54, 1.807) is 13.0 Å². The second kappa shape index (κ2) is 6.74. The van der Waals surface area contributed by atoms with E-state index in [1.807, 2.05) is 6.07 Å². The van der Waals surface area contributed by atoms with E-state index >= 15 is 0 Å². The van der Waals surface area contributed by atoms with E-state index in [0.29, 0.717) is 30.1 Å². The lowest BCUT2D eigenvalue weighted by Gasteiger charge is -2.35. The first kappa shape index (κ1) is 15.4.